The summed E-state index contributed by atoms with van der Waals surface area (Å²) >= 11 is 0. The molecule has 1 atom stereocenters. The molecule has 0 radical (unpaired) electrons. The fourth-order valence-corrected chi connectivity index (χ4v) is 3.07. The Balaban J connectivity index is 0.00000208. The summed E-state index contributed by atoms with van der Waals surface area (Å²) in [7, 11) is 2.10. The number of benzene rings is 1. The standard InChI is InChI=1S/C17H22F2N4.ClH/c1-22(15-3-2-8-20-9-6-15)12-14-7-10-23(21-14)17-5-4-13(18)11-16(17)19;/h4-5,7,10-11,15,20H,2-3,6,8-9,12H2,1H3;1H. The van der Waals surface area contributed by atoms with E-state index in [0.717, 1.165) is 37.8 Å². The van der Waals surface area contributed by atoms with Crippen molar-refractivity contribution in [2.75, 3.05) is 20.1 Å². The van der Waals surface area contributed by atoms with Crippen molar-refractivity contribution in [3.8, 4) is 5.69 Å². The van der Waals surface area contributed by atoms with E-state index < -0.39 is 11.6 Å². The Hall–Kier alpha value is -1.50. The molecule has 0 aliphatic carbocycles. The largest absolute Gasteiger partial charge is 0.317 e. The van der Waals surface area contributed by atoms with Crippen LogP contribution in [-0.2, 0) is 6.54 Å². The van der Waals surface area contributed by atoms with Gasteiger partial charge < -0.3 is 5.32 Å². The fraction of sp³-hybridized carbons (Fsp3) is 0.471. The van der Waals surface area contributed by atoms with Gasteiger partial charge in [-0.1, -0.05) is 0 Å². The number of nitrogens with zero attached hydrogens (tertiary/aromatic N) is 3. The predicted molar refractivity (Wildman–Crippen MR) is 92.7 cm³/mol. The quantitative estimate of drug-likeness (QED) is 0.913. The molecule has 1 aliphatic heterocycles. The summed E-state index contributed by atoms with van der Waals surface area (Å²) in [6, 6.07) is 5.94. The van der Waals surface area contributed by atoms with Gasteiger partial charge in [-0.3, -0.25) is 4.90 Å². The molecular weight excluding hydrogens is 334 g/mol. The molecule has 1 aromatic heterocycles. The summed E-state index contributed by atoms with van der Waals surface area (Å²) in [5.74, 6) is -1.19. The highest BCUT2D eigenvalue weighted by Gasteiger charge is 2.18. The Morgan fingerprint density at radius 2 is 2.08 bits per heavy atom. The van der Waals surface area contributed by atoms with Crippen LogP contribution in [0.4, 0.5) is 8.78 Å². The van der Waals surface area contributed by atoms with E-state index in [2.05, 4.69) is 22.4 Å². The molecule has 1 aliphatic rings. The number of aromatic nitrogens is 2. The Bertz CT molecular complexity index is 654. The van der Waals surface area contributed by atoms with Crippen LogP contribution in [0, 0.1) is 11.6 Å². The van der Waals surface area contributed by atoms with Crippen molar-refractivity contribution >= 4 is 12.4 Å². The van der Waals surface area contributed by atoms with E-state index in [0.29, 0.717) is 6.04 Å². The van der Waals surface area contributed by atoms with E-state index in [1.54, 1.807) is 6.20 Å². The smallest absolute Gasteiger partial charge is 0.151 e. The van der Waals surface area contributed by atoms with Crippen molar-refractivity contribution in [2.45, 2.75) is 31.8 Å². The van der Waals surface area contributed by atoms with Gasteiger partial charge >= 0.3 is 0 Å². The van der Waals surface area contributed by atoms with E-state index in [-0.39, 0.29) is 18.1 Å². The second-order valence-corrected chi connectivity index (χ2v) is 6.10. The summed E-state index contributed by atoms with van der Waals surface area (Å²) in [4.78, 5) is 2.31. The lowest BCUT2D eigenvalue weighted by atomic mass is 10.1. The minimum atomic E-state index is -0.608. The van der Waals surface area contributed by atoms with Gasteiger partial charge in [0.05, 0.1) is 5.69 Å². The number of hydrogen-bond donors (Lipinski definition) is 1. The van der Waals surface area contributed by atoms with E-state index in [1.807, 2.05) is 6.07 Å². The third-order valence-corrected chi connectivity index (χ3v) is 4.38. The van der Waals surface area contributed by atoms with Crippen LogP contribution in [0.15, 0.2) is 30.5 Å². The van der Waals surface area contributed by atoms with E-state index >= 15 is 0 Å². The lowest BCUT2D eigenvalue weighted by molar-refractivity contribution is 0.214. The first-order chi connectivity index (χ1) is 11.1. The molecule has 0 spiro atoms. The molecule has 1 N–H and O–H groups in total. The van der Waals surface area contributed by atoms with Crippen LogP contribution in [0.1, 0.15) is 25.0 Å². The fourth-order valence-electron chi connectivity index (χ4n) is 3.07. The van der Waals surface area contributed by atoms with Crippen LogP contribution in [0.3, 0.4) is 0 Å². The highest BCUT2D eigenvalue weighted by molar-refractivity contribution is 5.85. The molecule has 7 heteroatoms. The predicted octanol–water partition coefficient (Wildman–Crippen LogP) is 3.15. The van der Waals surface area contributed by atoms with Gasteiger partial charge in [-0.25, -0.2) is 13.5 Å². The Morgan fingerprint density at radius 1 is 1.25 bits per heavy atom. The first-order valence-electron chi connectivity index (χ1n) is 8.04. The average molecular weight is 357 g/mol. The minimum absolute atomic E-state index is 0. The summed E-state index contributed by atoms with van der Waals surface area (Å²) in [5.41, 5.74) is 1.15. The minimum Gasteiger partial charge on any atom is -0.317 e. The van der Waals surface area contributed by atoms with Gasteiger partial charge in [0.1, 0.15) is 11.5 Å². The zero-order chi connectivity index (χ0) is 16.2. The molecule has 3 rings (SSSR count). The summed E-state index contributed by atoms with van der Waals surface area (Å²) in [6.45, 7) is 2.85. The van der Waals surface area contributed by atoms with Gasteiger partial charge in [0, 0.05) is 24.8 Å². The molecule has 0 amide bonds. The molecule has 1 saturated heterocycles. The number of rotatable bonds is 4. The second kappa shape index (κ2) is 8.55. The normalized spacial score (nSPS) is 18.2. The van der Waals surface area contributed by atoms with Crippen LogP contribution in [0.25, 0.3) is 5.69 Å². The third kappa shape index (κ3) is 4.53. The highest BCUT2D eigenvalue weighted by Crippen LogP contribution is 2.17. The molecule has 0 saturated carbocycles. The monoisotopic (exact) mass is 356 g/mol. The summed E-state index contributed by atoms with van der Waals surface area (Å²) in [5, 5.41) is 7.84. The maximum atomic E-state index is 13.8. The Kier molecular flexibility index (Phi) is 6.71. The van der Waals surface area contributed by atoms with Crippen LogP contribution < -0.4 is 5.32 Å². The van der Waals surface area contributed by atoms with Gasteiger partial charge in [-0.15, -0.1) is 12.4 Å². The Morgan fingerprint density at radius 3 is 2.88 bits per heavy atom. The van der Waals surface area contributed by atoms with Crippen molar-refractivity contribution in [3.63, 3.8) is 0 Å². The number of nitrogens with one attached hydrogen (secondary N) is 1. The van der Waals surface area contributed by atoms with E-state index in [4.69, 9.17) is 0 Å². The molecule has 1 unspecified atom stereocenters. The van der Waals surface area contributed by atoms with Crippen molar-refractivity contribution in [3.05, 3.63) is 47.8 Å². The third-order valence-electron chi connectivity index (χ3n) is 4.38. The molecule has 2 aromatic rings. The summed E-state index contributed by atoms with van der Waals surface area (Å²) in [6.07, 6.45) is 5.21. The van der Waals surface area contributed by atoms with E-state index in [9.17, 15) is 8.78 Å². The first kappa shape index (κ1) is 18.8. The topological polar surface area (TPSA) is 33.1 Å². The second-order valence-electron chi connectivity index (χ2n) is 6.10. The van der Waals surface area contributed by atoms with Crippen LogP contribution >= 0.6 is 12.4 Å². The lowest BCUT2D eigenvalue weighted by Gasteiger charge is -2.25. The molecule has 1 aromatic carbocycles. The maximum Gasteiger partial charge on any atom is 0.151 e. The van der Waals surface area contributed by atoms with Crippen molar-refractivity contribution < 1.29 is 8.78 Å². The van der Waals surface area contributed by atoms with Gasteiger partial charge in [0.2, 0.25) is 0 Å². The van der Waals surface area contributed by atoms with Gasteiger partial charge in [0.15, 0.2) is 5.82 Å². The van der Waals surface area contributed by atoms with Gasteiger partial charge in [0.25, 0.3) is 0 Å². The van der Waals surface area contributed by atoms with Crippen molar-refractivity contribution in [2.24, 2.45) is 0 Å². The molecule has 1 fully saturated rings. The molecule has 132 valence electrons. The maximum absolute atomic E-state index is 13.8. The molecule has 4 nitrogen and oxygen atoms in total. The summed E-state index contributed by atoms with van der Waals surface area (Å²) < 4.78 is 28.3. The highest BCUT2D eigenvalue weighted by atomic mass is 35.5. The van der Waals surface area contributed by atoms with Crippen LogP contribution in [0.5, 0.6) is 0 Å². The lowest BCUT2D eigenvalue weighted by Crippen LogP contribution is -2.32. The van der Waals surface area contributed by atoms with Gasteiger partial charge in [-0.2, -0.15) is 5.10 Å². The number of halogens is 3. The molecular formula is C17H23ClF2N4. The SMILES string of the molecule is CN(Cc1ccn(-c2ccc(F)cc2F)n1)C1CCCNCC1.Cl. The van der Waals surface area contributed by atoms with Gasteiger partial charge in [-0.05, 0) is 57.6 Å². The van der Waals surface area contributed by atoms with E-state index in [1.165, 1.54) is 29.7 Å². The molecule has 24 heavy (non-hydrogen) atoms. The van der Waals surface area contributed by atoms with Crippen LogP contribution in [0.2, 0.25) is 0 Å². The zero-order valence-electron chi connectivity index (χ0n) is 13.7. The molecule has 0 bridgehead atoms. The first-order valence-corrected chi connectivity index (χ1v) is 8.04. The number of hydrogen-bond acceptors (Lipinski definition) is 3. The van der Waals surface area contributed by atoms with Crippen molar-refractivity contribution in [1.29, 1.82) is 0 Å². The molecule has 2 heterocycles. The average Bonchev–Trinajstić information content (AvgIpc) is 2.81. The van der Waals surface area contributed by atoms with Crippen LogP contribution in [-0.4, -0.2) is 40.9 Å². The Labute approximate surface area is 147 Å². The van der Waals surface area contributed by atoms with Crippen molar-refractivity contribution in [1.82, 2.24) is 20.0 Å². The zero-order valence-corrected chi connectivity index (χ0v) is 14.5.